The van der Waals surface area contributed by atoms with E-state index in [2.05, 4.69) is 15.5 Å². The van der Waals surface area contributed by atoms with Crippen molar-refractivity contribution in [2.45, 2.75) is 17.9 Å². The van der Waals surface area contributed by atoms with Crippen molar-refractivity contribution in [2.75, 3.05) is 11.1 Å². The molecule has 2 aromatic carbocycles. The topological polar surface area (TPSA) is 74.8 Å². The van der Waals surface area contributed by atoms with Crippen molar-refractivity contribution in [3.63, 3.8) is 0 Å². The van der Waals surface area contributed by atoms with Gasteiger partial charge in [-0.2, -0.15) is 5.10 Å². The van der Waals surface area contributed by atoms with Gasteiger partial charge in [0.05, 0.1) is 22.4 Å². The molecule has 0 amide bonds. The number of aromatic amines is 1. The molecule has 0 saturated carbocycles. The molecule has 0 fully saturated rings. The van der Waals surface area contributed by atoms with E-state index in [4.69, 9.17) is 0 Å². The van der Waals surface area contributed by atoms with Crippen molar-refractivity contribution >= 4 is 26.4 Å². The molecule has 0 bridgehead atoms. The molecule has 0 unspecified atom stereocenters. The zero-order chi connectivity index (χ0) is 15.6. The van der Waals surface area contributed by atoms with Crippen LogP contribution in [0.2, 0.25) is 0 Å². The predicted octanol–water partition coefficient (Wildman–Crippen LogP) is 2.84. The minimum atomic E-state index is -3.29. The quantitative estimate of drug-likeness (QED) is 0.759. The molecule has 0 aliphatic rings. The van der Waals surface area contributed by atoms with Crippen LogP contribution in [-0.2, 0) is 9.84 Å². The summed E-state index contributed by atoms with van der Waals surface area (Å²) in [5.41, 5.74) is 1.83. The number of H-pyrrole nitrogens is 1. The van der Waals surface area contributed by atoms with E-state index in [-0.39, 0.29) is 11.8 Å². The monoisotopic (exact) mass is 315 g/mol. The Balaban J connectivity index is 1.73. The van der Waals surface area contributed by atoms with Gasteiger partial charge in [-0.05, 0) is 37.3 Å². The Morgan fingerprint density at radius 3 is 2.73 bits per heavy atom. The van der Waals surface area contributed by atoms with Crippen LogP contribution < -0.4 is 5.32 Å². The summed E-state index contributed by atoms with van der Waals surface area (Å²) in [4.78, 5) is 0.355. The summed E-state index contributed by atoms with van der Waals surface area (Å²) in [6.07, 6.45) is 1.74. The first kappa shape index (κ1) is 14.6. The molecular formula is C16H17N3O2S. The number of hydrogen-bond donors (Lipinski definition) is 2. The van der Waals surface area contributed by atoms with E-state index in [9.17, 15) is 8.42 Å². The molecule has 2 N–H and O–H groups in total. The van der Waals surface area contributed by atoms with Crippen molar-refractivity contribution in [1.29, 1.82) is 0 Å². The zero-order valence-corrected chi connectivity index (χ0v) is 13.0. The molecule has 1 aromatic heterocycles. The van der Waals surface area contributed by atoms with Crippen LogP contribution in [-0.4, -0.2) is 30.4 Å². The molecule has 3 aromatic rings. The number of sulfone groups is 1. The van der Waals surface area contributed by atoms with E-state index in [1.165, 1.54) is 0 Å². The summed E-state index contributed by atoms with van der Waals surface area (Å²) < 4.78 is 24.7. The largest absolute Gasteiger partial charge is 0.382 e. The molecule has 0 spiro atoms. The third-order valence-electron chi connectivity index (χ3n) is 3.43. The zero-order valence-electron chi connectivity index (χ0n) is 12.2. The second-order valence-electron chi connectivity index (χ2n) is 5.31. The van der Waals surface area contributed by atoms with Gasteiger partial charge in [0, 0.05) is 17.1 Å². The van der Waals surface area contributed by atoms with E-state index in [0.29, 0.717) is 4.90 Å². The van der Waals surface area contributed by atoms with E-state index >= 15 is 0 Å². The van der Waals surface area contributed by atoms with Gasteiger partial charge in [-0.1, -0.05) is 18.2 Å². The number of rotatable bonds is 5. The Morgan fingerprint density at radius 2 is 1.95 bits per heavy atom. The average Bonchev–Trinajstić information content (AvgIpc) is 2.95. The maximum absolute atomic E-state index is 12.3. The summed E-state index contributed by atoms with van der Waals surface area (Å²) in [6.45, 7) is 1.86. The number of nitrogens with zero attached hydrogens (tertiary/aromatic N) is 1. The van der Waals surface area contributed by atoms with E-state index in [0.717, 1.165) is 16.6 Å². The fourth-order valence-corrected chi connectivity index (χ4v) is 3.92. The van der Waals surface area contributed by atoms with Gasteiger partial charge in [0.2, 0.25) is 0 Å². The van der Waals surface area contributed by atoms with Gasteiger partial charge < -0.3 is 5.32 Å². The summed E-state index contributed by atoms with van der Waals surface area (Å²) in [7, 11) is -3.29. The maximum Gasteiger partial charge on any atom is 0.180 e. The first-order valence-corrected chi connectivity index (χ1v) is 8.67. The van der Waals surface area contributed by atoms with Crippen LogP contribution in [0.15, 0.2) is 59.6 Å². The van der Waals surface area contributed by atoms with Crippen molar-refractivity contribution < 1.29 is 8.42 Å². The van der Waals surface area contributed by atoms with Gasteiger partial charge in [-0.3, -0.25) is 5.10 Å². The molecule has 1 atom stereocenters. The summed E-state index contributed by atoms with van der Waals surface area (Å²) in [5.74, 6) is 0.0421. The van der Waals surface area contributed by atoms with Crippen LogP contribution >= 0.6 is 0 Å². The minimum absolute atomic E-state index is 0.0421. The molecule has 6 heteroatoms. The van der Waals surface area contributed by atoms with Crippen LogP contribution in [0.25, 0.3) is 10.9 Å². The first-order valence-electron chi connectivity index (χ1n) is 7.02. The molecule has 0 aliphatic heterocycles. The molecule has 22 heavy (non-hydrogen) atoms. The molecule has 3 rings (SSSR count). The lowest BCUT2D eigenvalue weighted by Crippen LogP contribution is -2.25. The number of aromatic nitrogens is 2. The van der Waals surface area contributed by atoms with Crippen molar-refractivity contribution in [2.24, 2.45) is 0 Å². The average molecular weight is 315 g/mol. The van der Waals surface area contributed by atoms with Crippen LogP contribution in [0.3, 0.4) is 0 Å². The predicted molar refractivity (Wildman–Crippen MR) is 87.7 cm³/mol. The Bertz CT molecular complexity index is 873. The Hall–Kier alpha value is -2.34. The normalized spacial score (nSPS) is 13.1. The SMILES string of the molecule is C[C@@H](CS(=O)(=O)c1ccccc1)Nc1ccc2[nH]ncc2c1. The number of benzene rings is 2. The Labute approximate surface area is 129 Å². The van der Waals surface area contributed by atoms with Crippen LogP contribution in [0.5, 0.6) is 0 Å². The van der Waals surface area contributed by atoms with Crippen LogP contribution in [0.1, 0.15) is 6.92 Å². The van der Waals surface area contributed by atoms with Crippen molar-refractivity contribution in [3.05, 3.63) is 54.7 Å². The highest BCUT2D eigenvalue weighted by Crippen LogP contribution is 2.18. The van der Waals surface area contributed by atoms with Gasteiger partial charge >= 0.3 is 0 Å². The molecule has 5 nitrogen and oxygen atoms in total. The first-order chi connectivity index (χ1) is 10.5. The second-order valence-corrected chi connectivity index (χ2v) is 7.35. The highest BCUT2D eigenvalue weighted by atomic mass is 32.2. The van der Waals surface area contributed by atoms with E-state index in [1.807, 2.05) is 25.1 Å². The van der Waals surface area contributed by atoms with Gasteiger partial charge in [-0.25, -0.2) is 8.42 Å². The molecule has 1 heterocycles. The highest BCUT2D eigenvalue weighted by molar-refractivity contribution is 7.91. The summed E-state index contributed by atoms with van der Waals surface area (Å²) >= 11 is 0. The fourth-order valence-electron chi connectivity index (χ4n) is 2.41. The molecule has 0 radical (unpaired) electrons. The smallest absolute Gasteiger partial charge is 0.180 e. The number of fused-ring (bicyclic) bond motifs is 1. The maximum atomic E-state index is 12.3. The number of hydrogen-bond acceptors (Lipinski definition) is 4. The van der Waals surface area contributed by atoms with Gasteiger partial charge in [0.15, 0.2) is 9.84 Å². The lowest BCUT2D eigenvalue weighted by Gasteiger charge is -2.15. The standard InChI is InChI=1S/C16H17N3O2S/c1-12(11-22(20,21)15-5-3-2-4-6-15)18-14-7-8-16-13(9-14)10-17-19-16/h2-10,12,18H,11H2,1H3,(H,17,19)/t12-/m0/s1. The van der Waals surface area contributed by atoms with Gasteiger partial charge in [0.25, 0.3) is 0 Å². The molecule has 0 saturated heterocycles. The lowest BCUT2D eigenvalue weighted by molar-refractivity contribution is 0.592. The van der Waals surface area contributed by atoms with Crippen LogP contribution in [0, 0.1) is 0 Å². The second kappa shape index (κ2) is 5.81. The number of nitrogens with one attached hydrogen (secondary N) is 2. The van der Waals surface area contributed by atoms with Crippen molar-refractivity contribution in [3.8, 4) is 0 Å². The molecular weight excluding hydrogens is 298 g/mol. The molecule has 114 valence electrons. The summed E-state index contributed by atoms with van der Waals surface area (Å²) in [6, 6.07) is 14.1. The Morgan fingerprint density at radius 1 is 1.18 bits per heavy atom. The third-order valence-corrected chi connectivity index (χ3v) is 5.35. The van der Waals surface area contributed by atoms with E-state index in [1.54, 1.807) is 36.5 Å². The summed E-state index contributed by atoms with van der Waals surface area (Å²) in [5, 5.41) is 11.1. The van der Waals surface area contributed by atoms with Crippen LogP contribution in [0.4, 0.5) is 5.69 Å². The van der Waals surface area contributed by atoms with Gasteiger partial charge in [0.1, 0.15) is 0 Å². The Kier molecular flexibility index (Phi) is 3.85. The third kappa shape index (κ3) is 3.12. The van der Waals surface area contributed by atoms with E-state index < -0.39 is 9.84 Å². The fraction of sp³-hybridized carbons (Fsp3) is 0.188. The lowest BCUT2D eigenvalue weighted by atomic mass is 10.2. The molecule has 0 aliphatic carbocycles. The number of anilines is 1. The van der Waals surface area contributed by atoms with Gasteiger partial charge in [-0.15, -0.1) is 0 Å². The van der Waals surface area contributed by atoms with Crippen molar-refractivity contribution in [1.82, 2.24) is 10.2 Å². The highest BCUT2D eigenvalue weighted by Gasteiger charge is 2.18. The minimum Gasteiger partial charge on any atom is -0.382 e.